The number of non-ortho nitro benzene ring substituents is 1. The van der Waals surface area contributed by atoms with Gasteiger partial charge in [-0.3, -0.25) is 14.7 Å². The average Bonchev–Trinajstić information content (AvgIpc) is 2.55. The van der Waals surface area contributed by atoms with E-state index < -0.39 is 22.5 Å². The number of nitrogens with two attached hydrogens (primary N) is 1. The molecule has 0 heterocycles. The predicted molar refractivity (Wildman–Crippen MR) is 85.3 cm³/mol. The molecule has 0 fully saturated rings. The molecule has 12 heteroatoms. The molecule has 24 heavy (non-hydrogen) atoms. The lowest BCUT2D eigenvalue weighted by atomic mass is 10.3. The van der Waals surface area contributed by atoms with Crippen LogP contribution in [0.5, 0.6) is 0 Å². The van der Waals surface area contributed by atoms with Gasteiger partial charge in [0, 0.05) is 12.1 Å². The monoisotopic (exact) mass is 372 g/mol. The van der Waals surface area contributed by atoms with E-state index in [1.807, 2.05) is 5.20 Å². The van der Waals surface area contributed by atoms with Crippen LogP contribution in [0.1, 0.15) is 0 Å². The number of hydrazine groups is 2. The van der Waals surface area contributed by atoms with E-state index in [0.717, 1.165) is 24.3 Å². The van der Waals surface area contributed by atoms with Crippen LogP contribution < -0.4 is 16.3 Å². The molecule has 0 aliphatic rings. The lowest BCUT2D eigenvalue weighted by molar-refractivity contribution is -0.384. The third-order valence-corrected chi connectivity index (χ3v) is 6.04. The fraction of sp³-hybridized carbons (Fsp3) is 0. The molecule has 2 aromatic rings. The first-order valence-corrected chi connectivity index (χ1v) is 9.45. The maximum Gasteiger partial charge on any atom is 0.312 e. The molecule has 4 N–H and O–H groups in total. The highest BCUT2D eigenvalue weighted by Crippen LogP contribution is 2.35. The third-order valence-electron chi connectivity index (χ3n) is 2.94. The predicted octanol–water partition coefficient (Wildman–Crippen LogP) is 0.475. The Hall–Kier alpha value is -2.14. The Morgan fingerprint density at radius 2 is 1.67 bits per heavy atom. The van der Waals surface area contributed by atoms with Crippen molar-refractivity contribution in [3.8, 4) is 0 Å². The first kappa shape index (κ1) is 18.2. The van der Waals surface area contributed by atoms with Crippen LogP contribution in [0.2, 0.25) is 0 Å². The van der Waals surface area contributed by atoms with Gasteiger partial charge in [0.25, 0.3) is 15.7 Å². The summed E-state index contributed by atoms with van der Waals surface area (Å²) in [4.78, 5) is 19.7. The van der Waals surface area contributed by atoms with Crippen LogP contribution in [0.15, 0.2) is 59.5 Å². The van der Waals surface area contributed by atoms with Gasteiger partial charge in [-0.05, 0) is 24.3 Å². The van der Waals surface area contributed by atoms with E-state index in [2.05, 4.69) is 0 Å². The molecular weight excluding hydrogens is 359 g/mol. The van der Waals surface area contributed by atoms with Gasteiger partial charge in [-0.1, -0.05) is 22.7 Å². The van der Waals surface area contributed by atoms with Gasteiger partial charge in [0.05, 0.1) is 15.1 Å². The number of benzene rings is 2. The van der Waals surface area contributed by atoms with Crippen molar-refractivity contribution in [2.45, 2.75) is 4.90 Å². The number of hydrogen-bond acceptors (Lipinski definition) is 6. The smallest absolute Gasteiger partial charge is 0.312 e. The summed E-state index contributed by atoms with van der Waals surface area (Å²) in [7, 11) is -8.66. The van der Waals surface area contributed by atoms with Gasteiger partial charge in [0.15, 0.2) is 0 Å². The van der Waals surface area contributed by atoms with Gasteiger partial charge in [-0.2, -0.15) is 0 Å². The lowest BCUT2D eigenvalue weighted by Crippen LogP contribution is -2.47. The molecule has 10 nitrogen and oxygen atoms in total. The highest BCUT2D eigenvalue weighted by molar-refractivity contribution is 7.89. The Labute approximate surface area is 137 Å². The second-order valence-corrected chi connectivity index (χ2v) is 8.25. The van der Waals surface area contributed by atoms with Gasteiger partial charge >= 0.3 is 7.52 Å². The Balaban J connectivity index is 2.25. The quantitative estimate of drug-likeness (QED) is 0.286. The van der Waals surface area contributed by atoms with Gasteiger partial charge in [0.1, 0.15) is 0 Å². The fourth-order valence-electron chi connectivity index (χ4n) is 1.73. The van der Waals surface area contributed by atoms with Crippen LogP contribution in [0.25, 0.3) is 0 Å². The molecule has 2 aromatic carbocycles. The average molecular weight is 372 g/mol. The molecule has 1 atom stereocenters. The van der Waals surface area contributed by atoms with Crippen molar-refractivity contribution < 1.29 is 22.8 Å². The van der Waals surface area contributed by atoms with Crippen molar-refractivity contribution >= 4 is 28.5 Å². The number of sulfonamides is 1. The standard InChI is InChI=1S/C12H13N4O6PS/c13-16(24(21,22)12-4-2-1-3-5-12)14-23(19,20)11-8-6-10(7-9-11)15(17)18/h1-9H,13H2,(H2,14,19,20). The third kappa shape index (κ3) is 3.85. The van der Waals surface area contributed by atoms with Crippen molar-refractivity contribution in [1.29, 1.82) is 0 Å². The van der Waals surface area contributed by atoms with Crippen LogP contribution in [-0.4, -0.2) is 22.8 Å². The normalized spacial score (nSPS) is 14.3. The van der Waals surface area contributed by atoms with Crippen molar-refractivity contribution in [1.82, 2.24) is 9.72 Å². The Bertz CT molecular complexity index is 888. The zero-order chi connectivity index (χ0) is 18.0. The molecule has 0 aromatic heterocycles. The Kier molecular flexibility index (Phi) is 5.13. The molecule has 0 amide bonds. The van der Waals surface area contributed by atoms with Gasteiger partial charge in [-0.25, -0.2) is 14.3 Å². The summed E-state index contributed by atoms with van der Waals surface area (Å²) in [5, 5.41) is 12.2. The van der Waals surface area contributed by atoms with Crippen molar-refractivity contribution in [3.05, 3.63) is 64.7 Å². The summed E-state index contributed by atoms with van der Waals surface area (Å²) >= 11 is 0. The van der Waals surface area contributed by atoms with Crippen LogP contribution in [0, 0.1) is 10.1 Å². The molecule has 2 rings (SSSR count). The molecule has 1 unspecified atom stereocenters. The van der Waals surface area contributed by atoms with Crippen LogP contribution in [-0.2, 0) is 14.6 Å². The SMILES string of the molecule is NN(NP(=O)(O)c1ccc([N+](=O)[O-])cc1)S(=O)(=O)c1ccccc1. The van der Waals surface area contributed by atoms with Gasteiger partial charge in [0.2, 0.25) is 0 Å². The maximum atomic E-state index is 12.3. The molecule has 0 radical (unpaired) electrons. The van der Waals surface area contributed by atoms with Crippen molar-refractivity contribution in [2.75, 3.05) is 0 Å². The molecule has 0 bridgehead atoms. The van der Waals surface area contributed by atoms with Crippen LogP contribution >= 0.6 is 7.52 Å². The van der Waals surface area contributed by atoms with Gasteiger partial charge < -0.3 is 4.89 Å². The summed E-state index contributed by atoms with van der Waals surface area (Å²) < 4.78 is 36.7. The van der Waals surface area contributed by atoms with E-state index in [-0.39, 0.29) is 20.4 Å². The number of rotatable bonds is 6. The Morgan fingerprint density at radius 3 is 2.17 bits per heavy atom. The zero-order valence-electron chi connectivity index (χ0n) is 12.0. The number of hydrogen-bond donors (Lipinski definition) is 3. The topological polar surface area (TPSA) is 156 Å². The molecular formula is C12H13N4O6PS. The van der Waals surface area contributed by atoms with Gasteiger partial charge in [-0.15, -0.1) is 5.20 Å². The van der Waals surface area contributed by atoms with E-state index in [1.165, 1.54) is 24.3 Å². The lowest BCUT2D eigenvalue weighted by Gasteiger charge is -2.21. The zero-order valence-corrected chi connectivity index (χ0v) is 13.7. The molecule has 0 aliphatic carbocycles. The molecule has 0 saturated heterocycles. The van der Waals surface area contributed by atoms with Crippen molar-refractivity contribution in [2.24, 2.45) is 5.84 Å². The number of nitrogens with zero attached hydrogens (tertiary/aromatic N) is 2. The van der Waals surface area contributed by atoms with E-state index in [9.17, 15) is 28.0 Å². The van der Waals surface area contributed by atoms with E-state index in [4.69, 9.17) is 5.84 Å². The number of nitrogens with one attached hydrogen (secondary N) is 1. The minimum absolute atomic E-state index is 0.0462. The Morgan fingerprint density at radius 1 is 1.12 bits per heavy atom. The van der Waals surface area contributed by atoms with E-state index in [1.54, 1.807) is 6.07 Å². The van der Waals surface area contributed by atoms with Crippen LogP contribution in [0.3, 0.4) is 0 Å². The molecule has 0 saturated carbocycles. The summed E-state index contributed by atoms with van der Waals surface area (Å²) in [5.74, 6) is 5.38. The summed E-state index contributed by atoms with van der Waals surface area (Å²) in [5.41, 5.74) is -0.278. The first-order chi connectivity index (χ1) is 11.1. The second-order valence-electron chi connectivity index (χ2n) is 4.56. The second kappa shape index (κ2) is 6.77. The minimum atomic E-state index is -4.42. The minimum Gasteiger partial charge on any atom is -0.329 e. The fourth-order valence-corrected chi connectivity index (χ4v) is 4.15. The number of nitro groups is 1. The van der Waals surface area contributed by atoms with Crippen molar-refractivity contribution in [3.63, 3.8) is 0 Å². The highest BCUT2D eigenvalue weighted by Gasteiger charge is 2.30. The molecule has 0 spiro atoms. The summed E-state index contributed by atoms with van der Waals surface area (Å²) in [6, 6.07) is 11.2. The van der Waals surface area contributed by atoms with Crippen LogP contribution in [0.4, 0.5) is 5.69 Å². The van der Waals surface area contributed by atoms with E-state index >= 15 is 0 Å². The highest BCUT2D eigenvalue weighted by atomic mass is 32.2. The summed E-state index contributed by atoms with van der Waals surface area (Å²) in [6.45, 7) is 0. The number of nitro benzene ring substituents is 1. The summed E-state index contributed by atoms with van der Waals surface area (Å²) in [6.07, 6.45) is 0. The first-order valence-electron chi connectivity index (χ1n) is 6.35. The van der Waals surface area contributed by atoms with E-state index in [0.29, 0.717) is 0 Å². The largest absolute Gasteiger partial charge is 0.329 e. The maximum absolute atomic E-state index is 12.3. The molecule has 128 valence electrons. The molecule has 0 aliphatic heterocycles.